The molecule has 2 heterocycles. The number of alkyl halides is 2. The first-order valence-corrected chi connectivity index (χ1v) is 8.13. The fourth-order valence-electron chi connectivity index (χ4n) is 2.94. The minimum absolute atomic E-state index is 0.0607. The molecule has 3 aromatic rings. The molecule has 0 unspecified atom stereocenters. The molecule has 0 spiro atoms. The van der Waals surface area contributed by atoms with Gasteiger partial charge in [-0.05, 0) is 56.7 Å². The Morgan fingerprint density at radius 3 is 2.65 bits per heavy atom. The summed E-state index contributed by atoms with van der Waals surface area (Å²) in [5.41, 5.74) is 4.29. The quantitative estimate of drug-likeness (QED) is 0.721. The highest BCUT2D eigenvalue weighted by atomic mass is 19.3. The molecule has 5 nitrogen and oxygen atoms in total. The molecule has 0 amide bonds. The molecule has 0 aliphatic rings. The first-order chi connectivity index (χ1) is 12.3. The Balaban J connectivity index is 1.97. The first-order valence-electron chi connectivity index (χ1n) is 8.13. The van der Waals surface area contributed by atoms with Crippen LogP contribution in [0.3, 0.4) is 0 Å². The molecule has 0 bridgehead atoms. The molecule has 2 N–H and O–H groups in total. The largest absolute Gasteiger partial charge is 0.435 e. The summed E-state index contributed by atoms with van der Waals surface area (Å²) in [5.74, 6) is 0.0607. The van der Waals surface area contributed by atoms with E-state index in [-0.39, 0.29) is 11.3 Å². The maximum Gasteiger partial charge on any atom is 0.387 e. The first kappa shape index (κ1) is 17.8. The molecular formula is C19H19F2N3O2. The van der Waals surface area contributed by atoms with Crippen molar-refractivity contribution in [2.75, 3.05) is 5.32 Å². The van der Waals surface area contributed by atoms with Gasteiger partial charge in [0.25, 0.3) is 5.56 Å². The lowest BCUT2D eigenvalue weighted by atomic mass is 10.1. The van der Waals surface area contributed by atoms with Crippen LogP contribution < -0.4 is 15.6 Å². The van der Waals surface area contributed by atoms with E-state index in [2.05, 4.69) is 20.0 Å². The van der Waals surface area contributed by atoms with Gasteiger partial charge in [0.15, 0.2) is 0 Å². The van der Waals surface area contributed by atoms with Crippen molar-refractivity contribution < 1.29 is 13.5 Å². The van der Waals surface area contributed by atoms with Crippen LogP contribution in [-0.2, 0) is 6.54 Å². The van der Waals surface area contributed by atoms with Gasteiger partial charge in [-0.25, -0.2) is 0 Å². The van der Waals surface area contributed by atoms with Crippen LogP contribution >= 0.6 is 0 Å². The highest BCUT2D eigenvalue weighted by Crippen LogP contribution is 2.28. The Hall–Kier alpha value is -2.96. The summed E-state index contributed by atoms with van der Waals surface area (Å²) in [6.45, 7) is 2.97. The number of H-pyrrole nitrogens is 1. The van der Waals surface area contributed by atoms with Crippen LogP contribution in [0.2, 0.25) is 0 Å². The van der Waals surface area contributed by atoms with Crippen LogP contribution in [0.25, 0.3) is 10.9 Å². The molecule has 7 heteroatoms. The second-order valence-electron chi connectivity index (χ2n) is 6.17. The number of rotatable bonds is 5. The van der Waals surface area contributed by atoms with E-state index in [1.807, 2.05) is 32.9 Å². The van der Waals surface area contributed by atoms with E-state index in [1.165, 1.54) is 12.1 Å². The maximum atomic E-state index is 12.5. The van der Waals surface area contributed by atoms with Crippen molar-refractivity contribution in [1.82, 2.24) is 9.97 Å². The topological polar surface area (TPSA) is 67.0 Å². The van der Waals surface area contributed by atoms with Gasteiger partial charge < -0.3 is 15.0 Å². The second kappa shape index (κ2) is 7.11. The predicted octanol–water partition coefficient (Wildman–Crippen LogP) is 4.06. The molecule has 26 heavy (non-hydrogen) atoms. The molecular weight excluding hydrogens is 340 g/mol. The normalized spacial score (nSPS) is 11.2. The molecule has 0 radical (unpaired) electrons. The van der Waals surface area contributed by atoms with Crippen LogP contribution in [0.5, 0.6) is 5.75 Å². The number of aryl methyl sites for hydroxylation is 3. The van der Waals surface area contributed by atoms with E-state index < -0.39 is 6.61 Å². The molecule has 0 fully saturated rings. The minimum Gasteiger partial charge on any atom is -0.435 e. The van der Waals surface area contributed by atoms with E-state index in [4.69, 9.17) is 0 Å². The van der Waals surface area contributed by atoms with Crippen molar-refractivity contribution in [3.63, 3.8) is 0 Å². The van der Waals surface area contributed by atoms with Crippen molar-refractivity contribution in [1.29, 1.82) is 0 Å². The number of nitrogens with one attached hydrogen (secondary N) is 2. The van der Waals surface area contributed by atoms with Gasteiger partial charge in [0, 0.05) is 34.6 Å². The molecule has 136 valence electrons. The van der Waals surface area contributed by atoms with Crippen LogP contribution in [0.4, 0.5) is 14.5 Å². The molecule has 0 saturated carbocycles. The standard InChI is InChI=1S/C19H19F2N3O2/c1-10-6-11(2)24-18(25)15(10)9-22-17-7-12(3)23-16-5-4-13(8-14(16)17)26-19(20)21/h4-8,19H,9H2,1-3H3,(H,22,23)(H,24,25). The molecule has 0 aliphatic carbocycles. The summed E-state index contributed by atoms with van der Waals surface area (Å²) in [6, 6.07) is 8.33. The number of ether oxygens (including phenoxy) is 1. The van der Waals surface area contributed by atoms with Gasteiger partial charge >= 0.3 is 6.61 Å². The maximum absolute atomic E-state index is 12.5. The van der Waals surface area contributed by atoms with Gasteiger partial charge in [0.05, 0.1) is 5.52 Å². The van der Waals surface area contributed by atoms with Gasteiger partial charge in [-0.15, -0.1) is 0 Å². The number of aromatic nitrogens is 2. The molecule has 0 saturated heterocycles. The van der Waals surface area contributed by atoms with Gasteiger partial charge in [-0.3, -0.25) is 9.78 Å². The second-order valence-corrected chi connectivity index (χ2v) is 6.17. The van der Waals surface area contributed by atoms with Gasteiger partial charge in [-0.2, -0.15) is 8.78 Å². The number of benzene rings is 1. The number of hydrogen-bond acceptors (Lipinski definition) is 4. The Morgan fingerprint density at radius 2 is 1.96 bits per heavy atom. The fourth-order valence-corrected chi connectivity index (χ4v) is 2.94. The molecule has 1 aromatic carbocycles. The Kier molecular flexibility index (Phi) is 4.88. The zero-order valence-corrected chi connectivity index (χ0v) is 14.7. The summed E-state index contributed by atoms with van der Waals surface area (Å²) in [6.07, 6.45) is 0. The van der Waals surface area contributed by atoms with Crippen molar-refractivity contribution in [3.05, 3.63) is 63.2 Å². The average molecular weight is 359 g/mol. The Bertz CT molecular complexity index is 1020. The van der Waals surface area contributed by atoms with Gasteiger partial charge in [0.1, 0.15) is 5.75 Å². The van der Waals surface area contributed by atoms with Crippen LogP contribution in [-0.4, -0.2) is 16.6 Å². The summed E-state index contributed by atoms with van der Waals surface area (Å²) >= 11 is 0. The molecule has 3 rings (SSSR count). The van der Waals surface area contributed by atoms with E-state index in [0.29, 0.717) is 28.7 Å². The Labute approximate surface area is 149 Å². The van der Waals surface area contributed by atoms with Crippen LogP contribution in [0.1, 0.15) is 22.5 Å². The third-order valence-corrected chi connectivity index (χ3v) is 4.08. The summed E-state index contributed by atoms with van der Waals surface area (Å²) in [5, 5.41) is 3.87. The van der Waals surface area contributed by atoms with E-state index in [9.17, 15) is 13.6 Å². The monoisotopic (exact) mass is 359 g/mol. The lowest BCUT2D eigenvalue weighted by Gasteiger charge is -2.13. The third-order valence-electron chi connectivity index (χ3n) is 4.08. The highest BCUT2D eigenvalue weighted by molar-refractivity contribution is 5.92. The van der Waals surface area contributed by atoms with Crippen molar-refractivity contribution in [3.8, 4) is 5.75 Å². The lowest BCUT2D eigenvalue weighted by molar-refractivity contribution is -0.0497. The van der Waals surface area contributed by atoms with Crippen molar-refractivity contribution in [2.24, 2.45) is 0 Å². The number of anilines is 1. The number of pyridine rings is 2. The fraction of sp³-hybridized carbons (Fsp3) is 0.263. The SMILES string of the molecule is Cc1cc(NCc2c(C)cc(C)[nH]c2=O)c2cc(OC(F)F)ccc2n1. The summed E-state index contributed by atoms with van der Waals surface area (Å²) in [7, 11) is 0. The van der Waals surface area contributed by atoms with E-state index >= 15 is 0 Å². The number of fused-ring (bicyclic) bond motifs is 1. The summed E-state index contributed by atoms with van der Waals surface area (Å²) < 4.78 is 29.4. The average Bonchev–Trinajstić information content (AvgIpc) is 2.53. The summed E-state index contributed by atoms with van der Waals surface area (Å²) in [4.78, 5) is 19.4. The highest BCUT2D eigenvalue weighted by Gasteiger charge is 2.11. The van der Waals surface area contributed by atoms with Gasteiger partial charge in [0.2, 0.25) is 0 Å². The smallest absolute Gasteiger partial charge is 0.387 e. The van der Waals surface area contributed by atoms with Crippen molar-refractivity contribution >= 4 is 16.6 Å². The minimum atomic E-state index is -2.89. The molecule has 2 aromatic heterocycles. The molecule has 0 aliphatic heterocycles. The Morgan fingerprint density at radius 1 is 1.19 bits per heavy atom. The number of halogens is 2. The zero-order valence-electron chi connectivity index (χ0n) is 14.7. The van der Waals surface area contributed by atoms with E-state index in [0.717, 1.165) is 17.0 Å². The molecule has 0 atom stereocenters. The van der Waals surface area contributed by atoms with Crippen LogP contribution in [0, 0.1) is 20.8 Å². The number of hydrogen-bond donors (Lipinski definition) is 2. The zero-order chi connectivity index (χ0) is 18.8. The predicted molar refractivity (Wildman–Crippen MR) is 97.0 cm³/mol. The number of nitrogens with zero attached hydrogens (tertiary/aromatic N) is 1. The number of aromatic amines is 1. The van der Waals surface area contributed by atoms with Crippen molar-refractivity contribution in [2.45, 2.75) is 33.9 Å². The third kappa shape index (κ3) is 3.82. The van der Waals surface area contributed by atoms with Gasteiger partial charge in [-0.1, -0.05) is 0 Å². The van der Waals surface area contributed by atoms with Crippen LogP contribution in [0.15, 0.2) is 35.1 Å². The van der Waals surface area contributed by atoms with E-state index in [1.54, 1.807) is 6.07 Å². The lowest BCUT2D eigenvalue weighted by Crippen LogP contribution is -2.18.